The van der Waals surface area contributed by atoms with E-state index >= 15 is 0 Å². The number of hydrogen-bond acceptors (Lipinski definition) is 2. The number of rotatable bonds is 1. The highest BCUT2D eigenvalue weighted by atomic mass is 19.1. The van der Waals surface area contributed by atoms with Gasteiger partial charge in [-0.25, -0.2) is 4.39 Å². The van der Waals surface area contributed by atoms with Gasteiger partial charge < -0.3 is 4.74 Å². The van der Waals surface area contributed by atoms with E-state index in [1.165, 1.54) is 6.07 Å². The lowest BCUT2D eigenvalue weighted by Crippen LogP contribution is -2.20. The number of carbonyl (C=O) groups is 1. The lowest BCUT2D eigenvalue weighted by atomic mass is 9.97. The van der Waals surface area contributed by atoms with E-state index in [-0.39, 0.29) is 23.8 Å². The Morgan fingerprint density at radius 3 is 2.80 bits per heavy atom. The van der Waals surface area contributed by atoms with E-state index in [0.29, 0.717) is 18.1 Å². The zero-order valence-electron chi connectivity index (χ0n) is 8.25. The largest absolute Gasteiger partial charge is 0.369 e. The van der Waals surface area contributed by atoms with Gasteiger partial charge in [0.05, 0.1) is 12.2 Å². The molecule has 0 radical (unpaired) electrons. The second kappa shape index (κ2) is 3.14. The van der Waals surface area contributed by atoms with E-state index in [2.05, 4.69) is 0 Å². The molecule has 0 amide bonds. The van der Waals surface area contributed by atoms with Crippen LogP contribution in [0.5, 0.6) is 0 Å². The summed E-state index contributed by atoms with van der Waals surface area (Å²) in [5.41, 5.74) is 1.98. The van der Waals surface area contributed by atoms with Crippen LogP contribution in [0.4, 0.5) is 4.39 Å². The normalized spacial score (nSPS) is 20.2. The molecule has 1 aliphatic carbocycles. The van der Waals surface area contributed by atoms with E-state index in [9.17, 15) is 9.18 Å². The summed E-state index contributed by atoms with van der Waals surface area (Å²) < 4.78 is 18.8. The Morgan fingerprint density at radius 2 is 2.07 bits per heavy atom. The fraction of sp³-hybridized carbons (Fsp3) is 0.417. The molecule has 1 aromatic carbocycles. The third-order valence-electron chi connectivity index (χ3n) is 3.01. The fourth-order valence-electron chi connectivity index (χ4n) is 2.09. The quantitative estimate of drug-likeness (QED) is 0.705. The highest BCUT2D eigenvalue weighted by molar-refractivity contribution is 5.99. The molecule has 2 nitrogen and oxygen atoms in total. The van der Waals surface area contributed by atoms with Crippen LogP contribution in [0, 0.1) is 5.82 Å². The summed E-state index contributed by atoms with van der Waals surface area (Å²) >= 11 is 0. The molecule has 1 saturated carbocycles. The Bertz CT molecular complexity index is 435. The third-order valence-corrected chi connectivity index (χ3v) is 3.01. The van der Waals surface area contributed by atoms with Gasteiger partial charge in [-0.05, 0) is 36.0 Å². The molecule has 0 saturated heterocycles. The Morgan fingerprint density at radius 1 is 1.27 bits per heavy atom. The molecule has 1 fully saturated rings. The van der Waals surface area contributed by atoms with Gasteiger partial charge in [-0.2, -0.15) is 0 Å². The Labute approximate surface area is 87.0 Å². The van der Waals surface area contributed by atoms with E-state index in [0.717, 1.165) is 18.4 Å². The van der Waals surface area contributed by atoms with Crippen LogP contribution < -0.4 is 0 Å². The molecular formula is C12H11FO2. The van der Waals surface area contributed by atoms with Crippen molar-refractivity contribution in [2.24, 2.45) is 0 Å². The first-order chi connectivity index (χ1) is 7.25. The van der Waals surface area contributed by atoms with Gasteiger partial charge in [-0.3, -0.25) is 4.79 Å². The average Bonchev–Trinajstić information content (AvgIpc) is 3.00. The van der Waals surface area contributed by atoms with E-state index < -0.39 is 0 Å². The molecule has 1 aromatic rings. The highest BCUT2D eigenvalue weighted by Crippen LogP contribution is 2.41. The van der Waals surface area contributed by atoms with Crippen molar-refractivity contribution in [2.45, 2.75) is 25.4 Å². The van der Waals surface area contributed by atoms with Crippen LogP contribution in [0.25, 0.3) is 0 Å². The maximum atomic E-state index is 13.7. The molecule has 0 unspecified atom stereocenters. The number of Topliss-reactive ketones (excluding diaryl/α,β-unsaturated/α-hetero) is 1. The zero-order chi connectivity index (χ0) is 10.4. The molecule has 0 aromatic heterocycles. The second-order valence-electron chi connectivity index (χ2n) is 4.23. The van der Waals surface area contributed by atoms with Crippen LogP contribution in [0.1, 0.15) is 40.2 Å². The number of hydrogen-bond donors (Lipinski definition) is 0. The lowest BCUT2D eigenvalue weighted by Gasteiger charge is -2.17. The number of fused-ring (bicyclic) bond motifs is 1. The minimum atomic E-state index is -0.372. The molecule has 3 rings (SSSR count). The Balaban J connectivity index is 2.12. The van der Waals surface area contributed by atoms with Gasteiger partial charge in [-0.15, -0.1) is 0 Å². The smallest absolute Gasteiger partial charge is 0.191 e. The molecule has 1 aliphatic heterocycles. The molecule has 3 heteroatoms. The van der Waals surface area contributed by atoms with Gasteiger partial charge in [0.25, 0.3) is 0 Å². The van der Waals surface area contributed by atoms with Gasteiger partial charge >= 0.3 is 0 Å². The topological polar surface area (TPSA) is 26.3 Å². The first-order valence-corrected chi connectivity index (χ1v) is 5.19. The number of benzene rings is 1. The first kappa shape index (κ1) is 9.04. The summed E-state index contributed by atoms with van der Waals surface area (Å²) in [5, 5.41) is 0. The molecule has 78 valence electrons. The van der Waals surface area contributed by atoms with Gasteiger partial charge in [0.2, 0.25) is 0 Å². The molecule has 0 bridgehead atoms. The van der Waals surface area contributed by atoms with Crippen LogP contribution in [0.15, 0.2) is 12.1 Å². The van der Waals surface area contributed by atoms with Crippen LogP contribution >= 0.6 is 0 Å². The second-order valence-corrected chi connectivity index (χ2v) is 4.23. The first-order valence-electron chi connectivity index (χ1n) is 5.19. The van der Waals surface area contributed by atoms with Crippen molar-refractivity contribution in [1.82, 2.24) is 0 Å². The minimum absolute atomic E-state index is 0.00664. The van der Waals surface area contributed by atoms with Crippen molar-refractivity contribution in [3.05, 3.63) is 34.6 Å². The molecule has 2 aliphatic rings. The van der Waals surface area contributed by atoms with Gasteiger partial charge in [0, 0.05) is 0 Å². The summed E-state index contributed by atoms with van der Waals surface area (Å²) in [5.74, 6) is -0.111. The summed E-state index contributed by atoms with van der Waals surface area (Å²) in [6.45, 7) is 0.366. The maximum absolute atomic E-state index is 13.7. The van der Waals surface area contributed by atoms with E-state index in [4.69, 9.17) is 4.74 Å². The number of ether oxygens (including phenoxy) is 1. The zero-order valence-corrected chi connectivity index (χ0v) is 8.25. The van der Waals surface area contributed by atoms with Gasteiger partial charge in [-0.1, -0.05) is 6.07 Å². The average molecular weight is 206 g/mol. The Kier molecular flexibility index (Phi) is 1.89. The van der Waals surface area contributed by atoms with Crippen LogP contribution in [-0.2, 0) is 11.3 Å². The molecule has 0 spiro atoms. The highest BCUT2D eigenvalue weighted by Gasteiger charge is 2.28. The fourth-order valence-corrected chi connectivity index (χ4v) is 2.09. The predicted molar refractivity (Wildman–Crippen MR) is 52.4 cm³/mol. The van der Waals surface area contributed by atoms with Crippen molar-refractivity contribution in [3.63, 3.8) is 0 Å². The van der Waals surface area contributed by atoms with Crippen molar-refractivity contribution in [1.29, 1.82) is 0 Å². The molecule has 0 atom stereocenters. The van der Waals surface area contributed by atoms with E-state index in [1.807, 2.05) is 6.07 Å². The molecule has 15 heavy (non-hydrogen) atoms. The predicted octanol–water partition coefficient (Wildman–Crippen LogP) is 2.42. The van der Waals surface area contributed by atoms with Crippen LogP contribution in [-0.4, -0.2) is 12.4 Å². The van der Waals surface area contributed by atoms with Gasteiger partial charge in [0.1, 0.15) is 12.4 Å². The summed E-state index contributed by atoms with van der Waals surface area (Å²) in [6, 6.07) is 3.44. The van der Waals surface area contributed by atoms with Crippen molar-refractivity contribution >= 4 is 5.78 Å². The monoisotopic (exact) mass is 206 g/mol. The number of ketones is 1. The molecule has 0 N–H and O–H groups in total. The van der Waals surface area contributed by atoms with Crippen LogP contribution in [0.2, 0.25) is 0 Å². The molecular weight excluding hydrogens is 195 g/mol. The summed E-state index contributed by atoms with van der Waals surface area (Å²) in [4.78, 5) is 11.4. The summed E-state index contributed by atoms with van der Waals surface area (Å²) in [7, 11) is 0. The standard InChI is InChI=1S/C12H11FO2/c13-10-4-8(7-1-2-7)3-9-5-15-6-11(14)12(9)10/h3-4,7H,1-2,5-6H2. The molecule has 1 heterocycles. The minimum Gasteiger partial charge on any atom is -0.369 e. The lowest BCUT2D eigenvalue weighted by molar-refractivity contribution is 0.0658. The SMILES string of the molecule is O=C1COCc2cc(C3CC3)cc(F)c21. The Hall–Kier alpha value is -1.22. The number of carbonyl (C=O) groups excluding carboxylic acids is 1. The maximum Gasteiger partial charge on any atom is 0.191 e. The van der Waals surface area contributed by atoms with Crippen molar-refractivity contribution in [3.8, 4) is 0 Å². The van der Waals surface area contributed by atoms with Crippen molar-refractivity contribution in [2.75, 3.05) is 6.61 Å². The number of halogens is 1. The summed E-state index contributed by atoms with van der Waals surface area (Å²) in [6.07, 6.45) is 2.26. The van der Waals surface area contributed by atoms with Crippen molar-refractivity contribution < 1.29 is 13.9 Å². The van der Waals surface area contributed by atoms with Crippen LogP contribution in [0.3, 0.4) is 0 Å². The van der Waals surface area contributed by atoms with E-state index in [1.54, 1.807) is 0 Å². The van der Waals surface area contributed by atoms with Gasteiger partial charge in [0.15, 0.2) is 5.78 Å². The third kappa shape index (κ3) is 1.47.